The quantitative estimate of drug-likeness (QED) is 0.800. The first-order valence-corrected chi connectivity index (χ1v) is 5.36. The fourth-order valence-electron chi connectivity index (χ4n) is 1.44. The van der Waals surface area contributed by atoms with E-state index in [0.29, 0.717) is 12.2 Å². The van der Waals surface area contributed by atoms with Gasteiger partial charge in [0, 0.05) is 19.7 Å². The maximum atomic E-state index is 11.3. The molecule has 1 rings (SSSR count). The summed E-state index contributed by atoms with van der Waals surface area (Å²) >= 11 is 0. The highest BCUT2D eigenvalue weighted by atomic mass is 16.3. The van der Waals surface area contributed by atoms with Crippen molar-refractivity contribution in [3.63, 3.8) is 0 Å². The van der Waals surface area contributed by atoms with E-state index in [1.54, 1.807) is 23.2 Å². The van der Waals surface area contributed by atoms with E-state index in [2.05, 4.69) is 10.2 Å². The van der Waals surface area contributed by atoms with Gasteiger partial charge in [-0.3, -0.25) is 4.79 Å². The number of nitrogens with zero attached hydrogens (tertiary/aromatic N) is 3. The summed E-state index contributed by atoms with van der Waals surface area (Å²) in [6.45, 7) is 4.40. The third kappa shape index (κ3) is 3.58. The number of carbonyl (C=O) groups is 1. The molecule has 0 saturated heterocycles. The van der Waals surface area contributed by atoms with Crippen LogP contribution < -0.4 is 0 Å². The van der Waals surface area contributed by atoms with Crippen molar-refractivity contribution in [3.8, 4) is 0 Å². The van der Waals surface area contributed by atoms with Crippen molar-refractivity contribution in [2.75, 3.05) is 13.1 Å². The van der Waals surface area contributed by atoms with E-state index in [4.69, 9.17) is 0 Å². The van der Waals surface area contributed by atoms with Crippen molar-refractivity contribution >= 4 is 5.91 Å². The van der Waals surface area contributed by atoms with Gasteiger partial charge in [0.05, 0.1) is 12.2 Å². The van der Waals surface area contributed by atoms with Gasteiger partial charge in [-0.15, -0.1) is 0 Å². The predicted octanol–water partition coefficient (Wildman–Crippen LogP) is 0.768. The number of aliphatic hydroxyl groups is 1. The fraction of sp³-hybridized carbons (Fsp3) is 0.545. The van der Waals surface area contributed by atoms with Crippen molar-refractivity contribution < 1.29 is 9.90 Å². The van der Waals surface area contributed by atoms with Crippen LogP contribution in [-0.2, 0) is 4.79 Å². The molecule has 0 fully saturated rings. The van der Waals surface area contributed by atoms with Crippen molar-refractivity contribution in [2.45, 2.75) is 26.4 Å². The molecule has 88 valence electrons. The molecule has 1 atom stereocenters. The molecule has 1 amide bonds. The van der Waals surface area contributed by atoms with E-state index in [0.717, 1.165) is 6.42 Å². The van der Waals surface area contributed by atoms with Crippen LogP contribution in [0.25, 0.3) is 0 Å². The number of carbonyl (C=O) groups excluding carboxylic acids is 1. The van der Waals surface area contributed by atoms with Gasteiger partial charge in [-0.25, -0.2) is 0 Å². The Morgan fingerprint density at radius 2 is 2.38 bits per heavy atom. The maximum Gasteiger partial charge on any atom is 0.219 e. The number of hydrogen-bond donors (Lipinski definition) is 1. The van der Waals surface area contributed by atoms with Crippen molar-refractivity contribution in [1.29, 1.82) is 0 Å². The van der Waals surface area contributed by atoms with Gasteiger partial charge in [-0.1, -0.05) is 6.92 Å². The van der Waals surface area contributed by atoms with Crippen molar-refractivity contribution in [1.82, 2.24) is 15.1 Å². The highest BCUT2D eigenvalue weighted by molar-refractivity contribution is 5.73. The number of rotatable bonds is 5. The van der Waals surface area contributed by atoms with Crippen molar-refractivity contribution in [2.24, 2.45) is 0 Å². The fourth-order valence-corrected chi connectivity index (χ4v) is 1.44. The number of hydrogen-bond acceptors (Lipinski definition) is 4. The second kappa shape index (κ2) is 6.17. The molecule has 0 spiro atoms. The summed E-state index contributed by atoms with van der Waals surface area (Å²) < 4.78 is 0. The second-order valence-electron chi connectivity index (χ2n) is 3.63. The zero-order chi connectivity index (χ0) is 12.0. The third-order valence-corrected chi connectivity index (χ3v) is 2.27. The monoisotopic (exact) mass is 223 g/mol. The lowest BCUT2D eigenvalue weighted by atomic mass is 10.2. The largest absolute Gasteiger partial charge is 0.385 e. The summed E-state index contributed by atoms with van der Waals surface area (Å²) in [7, 11) is 0. The van der Waals surface area contributed by atoms with Crippen LogP contribution in [0.5, 0.6) is 0 Å². The minimum Gasteiger partial charge on any atom is -0.385 e. The normalized spacial score (nSPS) is 12.2. The van der Waals surface area contributed by atoms with Crippen LogP contribution in [-0.4, -0.2) is 39.2 Å². The van der Waals surface area contributed by atoms with Crippen LogP contribution in [0.3, 0.4) is 0 Å². The molecule has 0 aliphatic heterocycles. The first kappa shape index (κ1) is 12.6. The maximum absolute atomic E-state index is 11.3. The zero-order valence-electron chi connectivity index (χ0n) is 9.63. The zero-order valence-corrected chi connectivity index (χ0v) is 9.63. The lowest BCUT2D eigenvalue weighted by Crippen LogP contribution is -2.33. The smallest absolute Gasteiger partial charge is 0.219 e. The molecule has 0 bridgehead atoms. The molecule has 0 aliphatic carbocycles. The van der Waals surface area contributed by atoms with Gasteiger partial charge < -0.3 is 10.0 Å². The van der Waals surface area contributed by atoms with E-state index < -0.39 is 6.10 Å². The van der Waals surface area contributed by atoms with E-state index in [1.165, 1.54) is 6.92 Å². The highest BCUT2D eigenvalue weighted by Gasteiger charge is 2.16. The average molecular weight is 223 g/mol. The third-order valence-electron chi connectivity index (χ3n) is 2.27. The first-order chi connectivity index (χ1) is 7.65. The number of amides is 1. The van der Waals surface area contributed by atoms with Crippen LogP contribution in [0.1, 0.15) is 32.1 Å². The number of aliphatic hydroxyl groups excluding tert-OH is 1. The molecule has 1 aromatic heterocycles. The topological polar surface area (TPSA) is 66.3 Å². The summed E-state index contributed by atoms with van der Waals surface area (Å²) in [5.41, 5.74) is 0.491. The van der Waals surface area contributed by atoms with Crippen LogP contribution in [0.4, 0.5) is 0 Å². The molecule has 0 aromatic carbocycles. The molecular formula is C11H17N3O2. The Balaban J connectivity index is 2.61. The Kier molecular flexibility index (Phi) is 4.85. The van der Waals surface area contributed by atoms with Crippen LogP contribution in [0.15, 0.2) is 18.3 Å². The summed E-state index contributed by atoms with van der Waals surface area (Å²) in [6.07, 6.45) is 1.64. The molecule has 0 aliphatic rings. The van der Waals surface area contributed by atoms with Gasteiger partial charge in [-0.05, 0) is 18.6 Å². The summed E-state index contributed by atoms with van der Waals surface area (Å²) in [5, 5.41) is 17.4. The van der Waals surface area contributed by atoms with Gasteiger partial charge in [0.2, 0.25) is 5.91 Å². The minimum atomic E-state index is -0.774. The lowest BCUT2D eigenvalue weighted by Gasteiger charge is -2.22. The Labute approximate surface area is 95.1 Å². The molecule has 1 unspecified atom stereocenters. The van der Waals surface area contributed by atoms with E-state index in [9.17, 15) is 9.90 Å². The Morgan fingerprint density at radius 1 is 1.62 bits per heavy atom. The summed E-state index contributed by atoms with van der Waals surface area (Å²) in [4.78, 5) is 12.9. The van der Waals surface area contributed by atoms with Gasteiger partial charge >= 0.3 is 0 Å². The highest BCUT2D eigenvalue weighted by Crippen LogP contribution is 2.10. The summed E-state index contributed by atoms with van der Waals surface area (Å²) in [6, 6.07) is 3.41. The van der Waals surface area contributed by atoms with Crippen molar-refractivity contribution in [3.05, 3.63) is 24.0 Å². The standard InChI is InChI=1S/C11H17N3O2/c1-3-7-14(9(2)15)8-11(16)10-5-4-6-12-13-10/h4-6,11,16H,3,7-8H2,1-2H3. The SMILES string of the molecule is CCCN(CC(O)c1cccnn1)C(C)=O. The van der Waals surface area contributed by atoms with Crippen LogP contribution >= 0.6 is 0 Å². The molecule has 5 nitrogen and oxygen atoms in total. The van der Waals surface area contributed by atoms with Gasteiger partial charge in [0.1, 0.15) is 6.10 Å². The van der Waals surface area contributed by atoms with E-state index in [1.807, 2.05) is 6.92 Å². The molecule has 0 radical (unpaired) electrons. The summed E-state index contributed by atoms with van der Waals surface area (Å²) in [5.74, 6) is -0.0372. The first-order valence-electron chi connectivity index (χ1n) is 5.36. The second-order valence-corrected chi connectivity index (χ2v) is 3.63. The number of aromatic nitrogens is 2. The van der Waals surface area contributed by atoms with Crippen LogP contribution in [0, 0.1) is 0 Å². The Morgan fingerprint density at radius 3 is 2.88 bits per heavy atom. The molecule has 1 N–H and O–H groups in total. The average Bonchev–Trinajstić information content (AvgIpc) is 2.29. The van der Waals surface area contributed by atoms with Gasteiger partial charge in [0.25, 0.3) is 0 Å². The molecule has 16 heavy (non-hydrogen) atoms. The Bertz CT molecular complexity index is 329. The molecular weight excluding hydrogens is 206 g/mol. The lowest BCUT2D eigenvalue weighted by molar-refractivity contribution is -0.130. The van der Waals surface area contributed by atoms with Gasteiger partial charge in [-0.2, -0.15) is 10.2 Å². The van der Waals surface area contributed by atoms with Gasteiger partial charge in [0.15, 0.2) is 0 Å². The molecule has 1 aromatic rings. The molecule has 0 saturated carbocycles. The van der Waals surface area contributed by atoms with Crippen LogP contribution in [0.2, 0.25) is 0 Å². The Hall–Kier alpha value is -1.49. The predicted molar refractivity (Wildman–Crippen MR) is 59.5 cm³/mol. The van der Waals surface area contributed by atoms with E-state index >= 15 is 0 Å². The minimum absolute atomic E-state index is 0.0372. The molecule has 1 heterocycles. The van der Waals surface area contributed by atoms with E-state index in [-0.39, 0.29) is 12.5 Å². The molecule has 5 heteroatoms.